The number of hydrogen-bond acceptors (Lipinski definition) is 4. The first kappa shape index (κ1) is 21.6. The molecule has 0 saturated carbocycles. The van der Waals surface area contributed by atoms with Crippen molar-refractivity contribution in [3.8, 4) is 5.75 Å². The minimum Gasteiger partial charge on any atom is -0.497 e. The monoisotopic (exact) mass is 437 g/mol. The van der Waals surface area contributed by atoms with Crippen LogP contribution in [-0.4, -0.2) is 49.7 Å². The average Bonchev–Trinajstić information content (AvgIpc) is 2.70. The molecule has 0 radical (unpaired) electrons. The Kier molecular flexibility index (Phi) is 7.13. The van der Waals surface area contributed by atoms with E-state index in [-0.39, 0.29) is 19.0 Å². The molecule has 0 spiro atoms. The summed E-state index contributed by atoms with van der Waals surface area (Å²) in [5.41, 5.74) is 1.69. The van der Waals surface area contributed by atoms with Gasteiger partial charge in [0.05, 0.1) is 13.7 Å². The van der Waals surface area contributed by atoms with Crippen molar-refractivity contribution in [2.75, 3.05) is 26.7 Å². The van der Waals surface area contributed by atoms with Crippen LogP contribution in [0.5, 0.6) is 5.75 Å². The minimum absolute atomic E-state index is 0.210. The first-order chi connectivity index (χ1) is 13.9. The molecule has 1 N–H and O–H groups in total. The molecule has 1 heterocycles. The number of rotatable bonds is 7. The minimum atomic E-state index is -3.72. The Bertz CT molecular complexity index is 968. The summed E-state index contributed by atoms with van der Waals surface area (Å²) in [6, 6.07) is 14.5. The van der Waals surface area contributed by atoms with Gasteiger partial charge in [-0.25, -0.2) is 0 Å². The molecule has 1 saturated heterocycles. The van der Waals surface area contributed by atoms with Crippen LogP contribution in [0.15, 0.2) is 48.5 Å². The molecule has 0 aliphatic carbocycles. The van der Waals surface area contributed by atoms with Crippen molar-refractivity contribution in [1.29, 1.82) is 0 Å². The zero-order valence-corrected chi connectivity index (χ0v) is 17.7. The Hall–Kier alpha value is -2.13. The van der Waals surface area contributed by atoms with Gasteiger partial charge in [-0.1, -0.05) is 35.9 Å². The second kappa shape index (κ2) is 9.58. The SMILES string of the molecule is COc1cccc(CNC(=O)CN2CCCN(Cc3cccc(Cl)c3)S2(=O)=O)c1. The molecular formula is C20H24ClN3O4S. The predicted molar refractivity (Wildman–Crippen MR) is 112 cm³/mol. The summed E-state index contributed by atoms with van der Waals surface area (Å²) >= 11 is 6.00. The largest absolute Gasteiger partial charge is 0.497 e. The molecule has 3 rings (SSSR count). The lowest BCUT2D eigenvalue weighted by molar-refractivity contribution is -0.121. The molecule has 0 aromatic heterocycles. The van der Waals surface area contributed by atoms with E-state index < -0.39 is 10.2 Å². The van der Waals surface area contributed by atoms with E-state index in [1.165, 1.54) is 8.61 Å². The van der Waals surface area contributed by atoms with Crippen molar-refractivity contribution in [2.45, 2.75) is 19.5 Å². The maximum absolute atomic E-state index is 12.9. The summed E-state index contributed by atoms with van der Waals surface area (Å²) in [6.07, 6.45) is 0.656. The number of nitrogens with zero attached hydrogens (tertiary/aromatic N) is 2. The van der Waals surface area contributed by atoms with Gasteiger partial charge in [0.15, 0.2) is 0 Å². The van der Waals surface area contributed by atoms with Gasteiger partial charge in [-0.05, 0) is 41.8 Å². The van der Waals surface area contributed by atoms with Crippen LogP contribution >= 0.6 is 11.6 Å². The summed E-state index contributed by atoms with van der Waals surface area (Å²) in [5, 5.41) is 3.33. The molecule has 1 aliphatic rings. The van der Waals surface area contributed by atoms with Crippen LogP contribution in [0.4, 0.5) is 0 Å². The molecule has 9 heteroatoms. The van der Waals surface area contributed by atoms with Crippen LogP contribution < -0.4 is 10.1 Å². The molecule has 0 atom stereocenters. The van der Waals surface area contributed by atoms with Gasteiger partial charge in [0.1, 0.15) is 5.75 Å². The summed E-state index contributed by atoms with van der Waals surface area (Å²) in [6.45, 7) is 1.05. The van der Waals surface area contributed by atoms with E-state index in [0.29, 0.717) is 36.8 Å². The number of carbonyl (C=O) groups excluding carboxylic acids is 1. The van der Waals surface area contributed by atoms with E-state index in [1.807, 2.05) is 30.3 Å². The van der Waals surface area contributed by atoms with Crippen LogP contribution in [0.2, 0.25) is 5.02 Å². The zero-order valence-electron chi connectivity index (χ0n) is 16.2. The van der Waals surface area contributed by atoms with Crippen molar-refractivity contribution in [3.63, 3.8) is 0 Å². The molecule has 1 amide bonds. The Morgan fingerprint density at radius 1 is 1.10 bits per heavy atom. The maximum atomic E-state index is 12.9. The molecule has 2 aromatic rings. The lowest BCUT2D eigenvalue weighted by atomic mass is 10.2. The van der Waals surface area contributed by atoms with Gasteiger partial charge in [0, 0.05) is 31.2 Å². The van der Waals surface area contributed by atoms with E-state index in [4.69, 9.17) is 16.3 Å². The normalized spacial score (nSPS) is 17.0. The molecule has 29 heavy (non-hydrogen) atoms. The number of nitrogens with one attached hydrogen (secondary N) is 1. The summed E-state index contributed by atoms with van der Waals surface area (Å²) in [7, 11) is -2.14. The van der Waals surface area contributed by atoms with E-state index >= 15 is 0 Å². The molecule has 0 bridgehead atoms. The van der Waals surface area contributed by atoms with Crippen molar-refractivity contribution < 1.29 is 17.9 Å². The molecule has 156 valence electrons. The number of benzene rings is 2. The Morgan fingerprint density at radius 2 is 1.83 bits per heavy atom. The van der Waals surface area contributed by atoms with Crippen molar-refractivity contribution >= 4 is 27.7 Å². The molecule has 1 aliphatic heterocycles. The van der Waals surface area contributed by atoms with Crippen LogP contribution in [-0.2, 0) is 28.1 Å². The highest BCUT2D eigenvalue weighted by molar-refractivity contribution is 7.86. The first-order valence-corrected chi connectivity index (χ1v) is 11.1. The number of halogens is 1. The fourth-order valence-corrected chi connectivity index (χ4v) is 5.03. The van der Waals surface area contributed by atoms with Gasteiger partial charge >= 0.3 is 0 Å². The standard InChI is InChI=1S/C20H24ClN3O4S/c1-28-19-8-3-5-16(12-19)13-22-20(25)15-24-10-4-9-23(29(24,26)27)14-17-6-2-7-18(21)11-17/h2-3,5-8,11-12H,4,9-10,13-15H2,1H3,(H,22,25). The molecule has 2 aromatic carbocycles. The van der Waals surface area contributed by atoms with Gasteiger partial charge in [-0.3, -0.25) is 4.79 Å². The van der Waals surface area contributed by atoms with Gasteiger partial charge in [0.2, 0.25) is 5.91 Å². The van der Waals surface area contributed by atoms with Crippen LogP contribution in [0.3, 0.4) is 0 Å². The maximum Gasteiger partial charge on any atom is 0.282 e. The summed E-state index contributed by atoms with van der Waals surface area (Å²) in [5.74, 6) is 0.355. The molecule has 1 fully saturated rings. The lowest BCUT2D eigenvalue weighted by Crippen LogP contribution is -2.52. The molecule has 7 nitrogen and oxygen atoms in total. The second-order valence-electron chi connectivity index (χ2n) is 6.79. The fourth-order valence-electron chi connectivity index (χ4n) is 3.18. The van der Waals surface area contributed by atoms with Gasteiger partial charge in [-0.2, -0.15) is 17.0 Å². The third-order valence-corrected chi connectivity index (χ3v) is 6.82. The topological polar surface area (TPSA) is 79.0 Å². The average molecular weight is 438 g/mol. The van der Waals surface area contributed by atoms with E-state index in [0.717, 1.165) is 11.1 Å². The van der Waals surface area contributed by atoms with Gasteiger partial charge in [0.25, 0.3) is 10.2 Å². The van der Waals surface area contributed by atoms with Crippen LogP contribution in [0.1, 0.15) is 17.5 Å². The number of carbonyl (C=O) groups is 1. The van der Waals surface area contributed by atoms with Crippen molar-refractivity contribution in [1.82, 2.24) is 13.9 Å². The number of amides is 1. The third-order valence-electron chi connectivity index (χ3n) is 4.66. The van der Waals surface area contributed by atoms with Crippen molar-refractivity contribution in [3.05, 3.63) is 64.7 Å². The van der Waals surface area contributed by atoms with Crippen molar-refractivity contribution in [2.24, 2.45) is 0 Å². The first-order valence-electron chi connectivity index (χ1n) is 9.28. The highest BCUT2D eigenvalue weighted by Gasteiger charge is 2.34. The smallest absolute Gasteiger partial charge is 0.282 e. The second-order valence-corrected chi connectivity index (χ2v) is 9.15. The third kappa shape index (κ3) is 5.70. The highest BCUT2D eigenvalue weighted by Crippen LogP contribution is 2.20. The van der Waals surface area contributed by atoms with E-state index in [1.54, 1.807) is 25.3 Å². The van der Waals surface area contributed by atoms with Gasteiger partial charge < -0.3 is 10.1 Å². The Labute approximate surface area is 176 Å². The van der Waals surface area contributed by atoms with E-state index in [9.17, 15) is 13.2 Å². The highest BCUT2D eigenvalue weighted by atomic mass is 35.5. The molecule has 0 unspecified atom stereocenters. The number of methoxy groups -OCH3 is 1. The van der Waals surface area contributed by atoms with Crippen LogP contribution in [0, 0.1) is 0 Å². The zero-order chi connectivity index (χ0) is 20.9. The van der Waals surface area contributed by atoms with Crippen LogP contribution in [0.25, 0.3) is 0 Å². The quantitative estimate of drug-likeness (QED) is 0.721. The fraction of sp³-hybridized carbons (Fsp3) is 0.350. The predicted octanol–water partition coefficient (Wildman–Crippen LogP) is 2.42. The van der Waals surface area contributed by atoms with E-state index in [2.05, 4.69) is 5.32 Å². The summed E-state index contributed by atoms with van der Waals surface area (Å²) in [4.78, 5) is 12.4. The lowest BCUT2D eigenvalue weighted by Gasteiger charge is -2.34. The summed E-state index contributed by atoms with van der Waals surface area (Å²) < 4.78 is 33.6. The van der Waals surface area contributed by atoms with Gasteiger partial charge in [-0.15, -0.1) is 0 Å². The number of hydrogen-bond donors (Lipinski definition) is 1. The number of ether oxygens (including phenoxy) is 1. The molecular weight excluding hydrogens is 414 g/mol. The Balaban J connectivity index is 1.60. The Morgan fingerprint density at radius 3 is 2.59 bits per heavy atom.